The number of nitrogen functional groups attached to an aromatic ring is 1. The molecule has 3 aromatic rings. The molecule has 29 heavy (non-hydrogen) atoms. The lowest BCUT2D eigenvalue weighted by atomic mass is 10.1. The van der Waals surface area contributed by atoms with Crippen molar-refractivity contribution in [1.82, 2.24) is 20.3 Å². The van der Waals surface area contributed by atoms with Crippen LogP contribution in [0.4, 0.5) is 10.2 Å². The van der Waals surface area contributed by atoms with Crippen LogP contribution in [0.1, 0.15) is 21.6 Å². The maximum Gasteiger partial charge on any atom is 0.275 e. The zero-order valence-electron chi connectivity index (χ0n) is 16.2. The van der Waals surface area contributed by atoms with E-state index in [1.54, 1.807) is 26.4 Å². The van der Waals surface area contributed by atoms with E-state index in [0.717, 1.165) is 11.1 Å². The first kappa shape index (κ1) is 20.1. The van der Waals surface area contributed by atoms with Crippen molar-refractivity contribution in [3.05, 3.63) is 65.1 Å². The van der Waals surface area contributed by atoms with E-state index >= 15 is 0 Å². The number of nitrogens with one attached hydrogen (secondary N) is 1. The molecular formula is C20H22FN5O3. The number of nitrogens with two attached hydrogens (primary N) is 1. The van der Waals surface area contributed by atoms with Crippen molar-refractivity contribution in [2.24, 2.45) is 0 Å². The van der Waals surface area contributed by atoms with Gasteiger partial charge in [-0.2, -0.15) is 0 Å². The van der Waals surface area contributed by atoms with Gasteiger partial charge in [-0.15, -0.1) is 5.10 Å². The molecule has 0 atom stereocenters. The van der Waals surface area contributed by atoms with Crippen LogP contribution in [0.2, 0.25) is 0 Å². The Labute approximate surface area is 167 Å². The normalized spacial score (nSPS) is 10.6. The van der Waals surface area contributed by atoms with Crippen molar-refractivity contribution < 1.29 is 18.7 Å². The largest absolute Gasteiger partial charge is 0.493 e. The molecule has 0 spiro atoms. The van der Waals surface area contributed by atoms with Gasteiger partial charge in [0.25, 0.3) is 5.91 Å². The highest BCUT2D eigenvalue weighted by molar-refractivity contribution is 5.96. The van der Waals surface area contributed by atoms with E-state index in [9.17, 15) is 9.18 Å². The fraction of sp³-hybridized carbons (Fsp3) is 0.250. The summed E-state index contributed by atoms with van der Waals surface area (Å²) in [6.07, 6.45) is 0.593. The summed E-state index contributed by atoms with van der Waals surface area (Å²) in [6.45, 7) is 0.677. The van der Waals surface area contributed by atoms with Crippen molar-refractivity contribution in [2.75, 3.05) is 26.5 Å². The molecule has 0 unspecified atom stereocenters. The second-order valence-corrected chi connectivity index (χ2v) is 6.30. The minimum Gasteiger partial charge on any atom is -0.493 e. The highest BCUT2D eigenvalue weighted by Gasteiger charge is 2.17. The highest BCUT2D eigenvalue weighted by Crippen LogP contribution is 2.27. The highest BCUT2D eigenvalue weighted by atomic mass is 19.1. The Kier molecular flexibility index (Phi) is 6.28. The number of ether oxygens (including phenoxy) is 2. The Morgan fingerprint density at radius 2 is 1.79 bits per heavy atom. The number of aromatic nitrogens is 3. The Morgan fingerprint density at radius 1 is 1.10 bits per heavy atom. The molecule has 9 heteroatoms. The fourth-order valence-corrected chi connectivity index (χ4v) is 2.80. The van der Waals surface area contributed by atoms with Gasteiger partial charge in [0, 0.05) is 6.54 Å². The van der Waals surface area contributed by atoms with Crippen molar-refractivity contribution in [1.29, 1.82) is 0 Å². The van der Waals surface area contributed by atoms with E-state index in [0.29, 0.717) is 24.5 Å². The molecule has 152 valence electrons. The topological polar surface area (TPSA) is 104 Å². The zero-order chi connectivity index (χ0) is 20.8. The summed E-state index contributed by atoms with van der Waals surface area (Å²) in [7, 11) is 3.15. The zero-order valence-corrected chi connectivity index (χ0v) is 16.2. The van der Waals surface area contributed by atoms with E-state index < -0.39 is 5.91 Å². The molecule has 0 saturated carbocycles. The lowest BCUT2D eigenvalue weighted by Gasteiger charge is -2.10. The molecule has 1 amide bonds. The predicted octanol–water partition coefficient (Wildman–Crippen LogP) is 2.04. The maximum absolute atomic E-state index is 13.0. The van der Waals surface area contributed by atoms with Crippen molar-refractivity contribution >= 4 is 11.7 Å². The summed E-state index contributed by atoms with van der Waals surface area (Å²) in [6, 6.07) is 11.5. The molecule has 8 nitrogen and oxygen atoms in total. The minimum atomic E-state index is -0.409. The number of hydrogen-bond acceptors (Lipinski definition) is 6. The molecule has 1 heterocycles. The van der Waals surface area contributed by atoms with E-state index in [-0.39, 0.29) is 23.9 Å². The van der Waals surface area contributed by atoms with E-state index in [2.05, 4.69) is 15.6 Å². The first-order chi connectivity index (χ1) is 14.0. The average Bonchev–Trinajstić information content (AvgIpc) is 3.09. The molecule has 0 fully saturated rings. The summed E-state index contributed by atoms with van der Waals surface area (Å²) >= 11 is 0. The summed E-state index contributed by atoms with van der Waals surface area (Å²) < 4.78 is 24.9. The number of carbonyl (C=O) groups excluding carboxylic acids is 1. The Bertz CT molecular complexity index is 988. The molecule has 3 rings (SSSR count). The van der Waals surface area contributed by atoms with Crippen LogP contribution in [-0.4, -0.2) is 41.7 Å². The van der Waals surface area contributed by atoms with Gasteiger partial charge in [-0.3, -0.25) is 4.79 Å². The Balaban J connectivity index is 1.58. The number of nitrogens with zero attached hydrogens (tertiary/aromatic N) is 3. The molecule has 0 aliphatic heterocycles. The number of anilines is 1. The predicted molar refractivity (Wildman–Crippen MR) is 106 cm³/mol. The summed E-state index contributed by atoms with van der Waals surface area (Å²) in [5, 5.41) is 10.6. The summed E-state index contributed by atoms with van der Waals surface area (Å²) in [5.74, 6) is 0.691. The quantitative estimate of drug-likeness (QED) is 0.601. The van der Waals surface area contributed by atoms with E-state index in [1.165, 1.54) is 16.8 Å². The number of rotatable bonds is 8. The molecule has 1 aromatic heterocycles. The van der Waals surface area contributed by atoms with Crippen LogP contribution in [0.15, 0.2) is 42.5 Å². The molecule has 0 saturated heterocycles. The molecule has 0 aliphatic rings. The lowest BCUT2D eigenvalue weighted by Crippen LogP contribution is -2.27. The number of halogens is 1. The third-order valence-corrected chi connectivity index (χ3v) is 4.38. The van der Waals surface area contributed by atoms with Crippen LogP contribution in [0.25, 0.3) is 0 Å². The Morgan fingerprint density at radius 3 is 2.48 bits per heavy atom. The molecule has 3 N–H and O–H groups in total. The summed E-state index contributed by atoms with van der Waals surface area (Å²) in [5.41, 5.74) is 7.84. The molecule has 0 bridgehead atoms. The van der Waals surface area contributed by atoms with Crippen LogP contribution in [0.5, 0.6) is 11.5 Å². The van der Waals surface area contributed by atoms with Gasteiger partial charge in [0.1, 0.15) is 5.82 Å². The second kappa shape index (κ2) is 9.05. The average molecular weight is 399 g/mol. The van der Waals surface area contributed by atoms with Crippen molar-refractivity contribution in [3.63, 3.8) is 0 Å². The molecular weight excluding hydrogens is 377 g/mol. The third kappa shape index (κ3) is 4.81. The minimum absolute atomic E-state index is 0.0550. The van der Waals surface area contributed by atoms with Crippen molar-refractivity contribution in [2.45, 2.75) is 13.0 Å². The van der Waals surface area contributed by atoms with Crippen molar-refractivity contribution in [3.8, 4) is 11.5 Å². The smallest absolute Gasteiger partial charge is 0.275 e. The van der Waals surface area contributed by atoms with Crippen LogP contribution in [0, 0.1) is 5.82 Å². The van der Waals surface area contributed by atoms with Crippen LogP contribution >= 0.6 is 0 Å². The number of methoxy groups -OCH3 is 2. The second-order valence-electron chi connectivity index (χ2n) is 6.30. The number of hydrogen-bond donors (Lipinski definition) is 2. The van der Waals surface area contributed by atoms with Crippen LogP contribution in [-0.2, 0) is 13.0 Å². The number of carbonyl (C=O) groups is 1. The number of benzene rings is 2. The van der Waals surface area contributed by atoms with Crippen LogP contribution in [0.3, 0.4) is 0 Å². The van der Waals surface area contributed by atoms with Gasteiger partial charge >= 0.3 is 0 Å². The Hall–Kier alpha value is -3.62. The van der Waals surface area contributed by atoms with Gasteiger partial charge in [-0.1, -0.05) is 23.4 Å². The van der Waals surface area contributed by atoms with Gasteiger partial charge in [-0.25, -0.2) is 9.07 Å². The first-order valence-electron chi connectivity index (χ1n) is 8.94. The van der Waals surface area contributed by atoms with E-state index in [4.69, 9.17) is 15.2 Å². The number of amides is 1. The molecule has 0 radical (unpaired) electrons. The standard InChI is InChI=1S/C20H22FN5O3/c1-28-16-8-5-13(11-17(16)29-2)9-10-23-20(27)18-19(22)26(25-24-18)12-14-3-6-15(21)7-4-14/h3-8,11H,9-10,12,22H2,1-2H3,(H,23,27). The maximum atomic E-state index is 13.0. The monoisotopic (exact) mass is 399 g/mol. The molecule has 2 aromatic carbocycles. The van der Waals surface area contributed by atoms with E-state index in [1.807, 2.05) is 18.2 Å². The lowest BCUT2D eigenvalue weighted by molar-refractivity contribution is 0.0950. The third-order valence-electron chi connectivity index (χ3n) is 4.38. The SMILES string of the molecule is COc1ccc(CCNC(=O)c2nnn(Cc3ccc(F)cc3)c2N)cc1OC. The van der Waals surface area contributed by atoms with Crippen LogP contribution < -0.4 is 20.5 Å². The van der Waals surface area contributed by atoms with Gasteiger partial charge < -0.3 is 20.5 Å². The molecule has 0 aliphatic carbocycles. The summed E-state index contributed by atoms with van der Waals surface area (Å²) in [4.78, 5) is 12.4. The van der Waals surface area contributed by atoms with Gasteiger partial charge in [0.2, 0.25) is 0 Å². The first-order valence-corrected chi connectivity index (χ1v) is 8.94. The van der Waals surface area contributed by atoms with Gasteiger partial charge in [-0.05, 0) is 41.8 Å². The van der Waals surface area contributed by atoms with Gasteiger partial charge in [0.15, 0.2) is 23.0 Å². The fourth-order valence-electron chi connectivity index (χ4n) is 2.80. The van der Waals surface area contributed by atoms with Gasteiger partial charge in [0.05, 0.1) is 20.8 Å².